The normalized spacial score (nSPS) is 19.5. The molecule has 0 radical (unpaired) electrons. The number of nitrogens with zero attached hydrogens (tertiary/aromatic N) is 1. The Hall–Kier alpha value is -1.10. The Balaban J connectivity index is 2.36. The Morgan fingerprint density at radius 1 is 1.44 bits per heavy atom. The van der Waals surface area contributed by atoms with Crippen molar-refractivity contribution in [2.24, 2.45) is 5.92 Å². The maximum atomic E-state index is 11.1. The van der Waals surface area contributed by atoms with Crippen molar-refractivity contribution in [1.82, 2.24) is 10.2 Å². The third-order valence-corrected chi connectivity index (χ3v) is 3.28. The summed E-state index contributed by atoms with van der Waals surface area (Å²) in [5.74, 6) is -0.275. The summed E-state index contributed by atoms with van der Waals surface area (Å²) in [6, 6.07) is -0.464. The summed E-state index contributed by atoms with van der Waals surface area (Å²) in [6.45, 7) is 3.10. The first-order valence-electron chi connectivity index (χ1n) is 5.70. The minimum absolute atomic E-state index is 0.113. The summed E-state index contributed by atoms with van der Waals surface area (Å²) < 4.78 is 0. The molecule has 2 N–H and O–H groups in total. The zero-order valence-corrected chi connectivity index (χ0v) is 9.90. The number of likely N-dealkylation sites (tertiary alicyclic amines) is 1. The zero-order valence-electron chi connectivity index (χ0n) is 9.90. The van der Waals surface area contributed by atoms with Crippen LogP contribution in [0.1, 0.15) is 26.2 Å². The van der Waals surface area contributed by atoms with Crippen LogP contribution < -0.4 is 5.32 Å². The highest BCUT2D eigenvalue weighted by molar-refractivity contribution is 5.73. The van der Waals surface area contributed by atoms with E-state index >= 15 is 0 Å². The van der Waals surface area contributed by atoms with E-state index in [1.54, 1.807) is 14.0 Å². The van der Waals surface area contributed by atoms with Crippen LogP contribution >= 0.6 is 0 Å². The van der Waals surface area contributed by atoms with Crippen LogP contribution in [0.4, 0.5) is 0 Å². The van der Waals surface area contributed by atoms with Gasteiger partial charge in [0.1, 0.15) is 6.04 Å². The van der Waals surface area contributed by atoms with Crippen molar-refractivity contribution in [3.8, 4) is 0 Å². The average Bonchev–Trinajstić information content (AvgIpc) is 2.26. The predicted octanol–water partition coefficient (Wildman–Crippen LogP) is 0.308. The van der Waals surface area contributed by atoms with Crippen molar-refractivity contribution in [2.75, 3.05) is 20.1 Å². The summed E-state index contributed by atoms with van der Waals surface area (Å²) >= 11 is 0. The first-order chi connectivity index (χ1) is 7.54. The van der Waals surface area contributed by atoms with Crippen molar-refractivity contribution in [1.29, 1.82) is 0 Å². The van der Waals surface area contributed by atoms with Crippen LogP contribution in [0.5, 0.6) is 0 Å². The molecule has 0 spiro atoms. The fraction of sp³-hybridized carbons (Fsp3) is 0.818. The first kappa shape index (κ1) is 13.0. The lowest BCUT2D eigenvalue weighted by Gasteiger charge is -2.32. The van der Waals surface area contributed by atoms with Crippen LogP contribution in [0.3, 0.4) is 0 Å². The second-order valence-corrected chi connectivity index (χ2v) is 4.36. The van der Waals surface area contributed by atoms with Gasteiger partial charge in [-0.15, -0.1) is 0 Å². The van der Waals surface area contributed by atoms with Gasteiger partial charge in [-0.25, -0.2) is 0 Å². The van der Waals surface area contributed by atoms with Gasteiger partial charge < -0.3 is 15.3 Å². The van der Waals surface area contributed by atoms with E-state index in [9.17, 15) is 9.59 Å². The number of carboxylic acids is 1. The molecule has 1 rings (SSSR count). The van der Waals surface area contributed by atoms with Gasteiger partial charge in [0.25, 0.3) is 0 Å². The molecule has 1 aliphatic rings. The first-order valence-corrected chi connectivity index (χ1v) is 5.70. The van der Waals surface area contributed by atoms with Gasteiger partial charge in [-0.05, 0) is 32.2 Å². The Morgan fingerprint density at radius 3 is 2.38 bits per heavy atom. The van der Waals surface area contributed by atoms with Crippen LogP contribution in [0.15, 0.2) is 0 Å². The molecule has 0 aromatic rings. The lowest BCUT2D eigenvalue weighted by molar-refractivity contribution is -0.140. The molecule has 0 aromatic carbocycles. The number of carbonyl (C=O) groups excluding carboxylic acids is 1. The zero-order chi connectivity index (χ0) is 12.1. The highest BCUT2D eigenvalue weighted by Gasteiger charge is 2.25. The molecule has 0 bridgehead atoms. The number of likely N-dealkylation sites (N-methyl/N-ethyl adjacent to an activating group) is 1. The van der Waals surface area contributed by atoms with Gasteiger partial charge in [-0.2, -0.15) is 0 Å². The fourth-order valence-corrected chi connectivity index (χ4v) is 2.16. The van der Waals surface area contributed by atoms with E-state index < -0.39 is 12.0 Å². The molecule has 1 fully saturated rings. The van der Waals surface area contributed by atoms with Gasteiger partial charge in [0.05, 0.1) is 0 Å². The van der Waals surface area contributed by atoms with E-state index in [2.05, 4.69) is 5.32 Å². The van der Waals surface area contributed by atoms with Crippen LogP contribution in [0.2, 0.25) is 0 Å². The highest BCUT2D eigenvalue weighted by atomic mass is 16.4. The lowest BCUT2D eigenvalue weighted by atomic mass is 9.90. The van der Waals surface area contributed by atoms with Crippen LogP contribution in [-0.2, 0) is 9.59 Å². The van der Waals surface area contributed by atoms with E-state index in [1.165, 1.54) is 0 Å². The molecule has 16 heavy (non-hydrogen) atoms. The van der Waals surface area contributed by atoms with Gasteiger partial charge in [0.15, 0.2) is 0 Å². The van der Waals surface area contributed by atoms with E-state index in [0.29, 0.717) is 12.3 Å². The highest BCUT2D eigenvalue weighted by Crippen LogP contribution is 2.21. The Morgan fingerprint density at radius 2 is 2.00 bits per heavy atom. The molecule has 1 heterocycles. The van der Waals surface area contributed by atoms with Crippen molar-refractivity contribution in [3.05, 3.63) is 0 Å². The minimum atomic E-state index is -0.795. The minimum Gasteiger partial charge on any atom is -0.480 e. The summed E-state index contributed by atoms with van der Waals surface area (Å²) in [5, 5.41) is 11.7. The van der Waals surface area contributed by atoms with Gasteiger partial charge in [-0.1, -0.05) is 0 Å². The Kier molecular flexibility index (Phi) is 4.73. The van der Waals surface area contributed by atoms with Crippen molar-refractivity contribution in [2.45, 2.75) is 32.2 Å². The quantitative estimate of drug-likeness (QED) is 0.726. The third kappa shape index (κ3) is 3.48. The smallest absolute Gasteiger partial charge is 0.320 e. The van der Waals surface area contributed by atoms with Crippen LogP contribution in [-0.4, -0.2) is 48.1 Å². The van der Waals surface area contributed by atoms with Crippen molar-refractivity contribution < 1.29 is 14.7 Å². The topological polar surface area (TPSA) is 69.6 Å². The molecule has 1 atom stereocenters. The van der Waals surface area contributed by atoms with Gasteiger partial charge in [-0.3, -0.25) is 9.59 Å². The van der Waals surface area contributed by atoms with Crippen molar-refractivity contribution in [3.63, 3.8) is 0 Å². The maximum absolute atomic E-state index is 11.1. The molecule has 0 saturated carbocycles. The van der Waals surface area contributed by atoms with Crippen LogP contribution in [0.25, 0.3) is 0 Å². The number of aliphatic carboxylic acids is 1. The molecule has 1 aliphatic heterocycles. The van der Waals surface area contributed by atoms with E-state index in [1.807, 2.05) is 4.90 Å². The largest absolute Gasteiger partial charge is 0.480 e. The molecular formula is C11H20N2O3. The van der Waals surface area contributed by atoms with Crippen LogP contribution in [0, 0.1) is 5.92 Å². The molecule has 1 saturated heterocycles. The molecule has 92 valence electrons. The second kappa shape index (κ2) is 5.84. The number of carboxylic acid groups (broad SMARTS) is 1. The second-order valence-electron chi connectivity index (χ2n) is 4.36. The average molecular weight is 228 g/mol. The maximum Gasteiger partial charge on any atom is 0.320 e. The fourth-order valence-electron chi connectivity index (χ4n) is 2.16. The SMILES string of the molecule is CN[C@@H](CC1CCN(C(C)=O)CC1)C(=O)O. The number of piperidine rings is 1. The third-order valence-electron chi connectivity index (χ3n) is 3.28. The lowest BCUT2D eigenvalue weighted by Crippen LogP contribution is -2.41. The van der Waals surface area contributed by atoms with Crippen molar-refractivity contribution >= 4 is 11.9 Å². The summed E-state index contributed by atoms with van der Waals surface area (Å²) in [5.41, 5.74) is 0. The molecule has 0 aliphatic carbocycles. The van der Waals surface area contributed by atoms with Gasteiger partial charge in [0.2, 0.25) is 5.91 Å². The number of nitrogens with one attached hydrogen (secondary N) is 1. The molecule has 5 heteroatoms. The molecule has 0 unspecified atom stereocenters. The number of amides is 1. The molecule has 1 amide bonds. The van der Waals surface area contributed by atoms with Gasteiger partial charge >= 0.3 is 5.97 Å². The summed E-state index contributed by atoms with van der Waals surface area (Å²) in [6.07, 6.45) is 2.47. The van der Waals surface area contributed by atoms with E-state index in [-0.39, 0.29) is 5.91 Å². The summed E-state index contributed by atoms with van der Waals surface area (Å²) in [7, 11) is 1.67. The summed E-state index contributed by atoms with van der Waals surface area (Å²) in [4.78, 5) is 23.8. The Labute approximate surface area is 95.8 Å². The number of rotatable bonds is 4. The standard InChI is InChI=1S/C11H20N2O3/c1-8(14)13-5-3-9(4-6-13)7-10(12-2)11(15)16/h9-10,12H,3-7H2,1-2H3,(H,15,16)/t10-/m0/s1. The predicted molar refractivity (Wildman–Crippen MR) is 60.1 cm³/mol. The monoisotopic (exact) mass is 228 g/mol. The number of carbonyl (C=O) groups is 2. The molecular weight excluding hydrogens is 208 g/mol. The van der Waals surface area contributed by atoms with E-state index in [4.69, 9.17) is 5.11 Å². The molecule has 5 nitrogen and oxygen atoms in total. The van der Waals surface area contributed by atoms with E-state index in [0.717, 1.165) is 25.9 Å². The number of hydrogen-bond acceptors (Lipinski definition) is 3. The number of hydrogen-bond donors (Lipinski definition) is 2. The molecule has 0 aromatic heterocycles. The Bertz CT molecular complexity index is 260. The van der Waals surface area contributed by atoms with Gasteiger partial charge in [0, 0.05) is 20.0 Å².